The van der Waals surface area contributed by atoms with E-state index in [0.717, 1.165) is 23.2 Å². The molecule has 0 bridgehead atoms. The summed E-state index contributed by atoms with van der Waals surface area (Å²) in [6, 6.07) is 6.04. The van der Waals surface area contributed by atoms with Gasteiger partial charge in [0.2, 0.25) is 0 Å². The van der Waals surface area contributed by atoms with Crippen molar-refractivity contribution in [2.45, 2.75) is 55.6 Å². The highest BCUT2D eigenvalue weighted by atomic mass is 79.9. The summed E-state index contributed by atoms with van der Waals surface area (Å²) in [4.78, 5) is 0. The molecule has 1 heterocycles. The highest BCUT2D eigenvalue weighted by Crippen LogP contribution is 2.43. The maximum Gasteiger partial charge on any atom is 0.161 e. The SMILES string of the molecule is COc1ccc(CBr)cc1OCC1CCC2(CCCC2)O1. The summed E-state index contributed by atoms with van der Waals surface area (Å²) < 4.78 is 17.6. The summed E-state index contributed by atoms with van der Waals surface area (Å²) >= 11 is 3.47. The van der Waals surface area contributed by atoms with Crippen molar-refractivity contribution in [3.63, 3.8) is 0 Å². The summed E-state index contributed by atoms with van der Waals surface area (Å²) in [6.07, 6.45) is 7.61. The lowest BCUT2D eigenvalue weighted by Gasteiger charge is -2.24. The van der Waals surface area contributed by atoms with Crippen LogP contribution in [-0.4, -0.2) is 25.4 Å². The van der Waals surface area contributed by atoms with Crippen LogP contribution in [0.2, 0.25) is 0 Å². The molecule has 2 fully saturated rings. The maximum absolute atomic E-state index is 6.29. The Hall–Kier alpha value is -0.740. The minimum atomic E-state index is 0.176. The van der Waals surface area contributed by atoms with Crippen LogP contribution in [0.25, 0.3) is 0 Å². The number of hydrogen-bond donors (Lipinski definition) is 0. The smallest absolute Gasteiger partial charge is 0.161 e. The van der Waals surface area contributed by atoms with E-state index >= 15 is 0 Å². The molecule has 0 amide bonds. The summed E-state index contributed by atoms with van der Waals surface area (Å²) in [5.41, 5.74) is 1.36. The molecule has 0 radical (unpaired) electrons. The Labute approximate surface area is 135 Å². The van der Waals surface area contributed by atoms with Gasteiger partial charge in [-0.3, -0.25) is 0 Å². The Morgan fingerprint density at radius 2 is 2.05 bits per heavy atom. The molecule has 1 aromatic carbocycles. The van der Waals surface area contributed by atoms with Gasteiger partial charge in [0.05, 0.1) is 18.8 Å². The van der Waals surface area contributed by atoms with Crippen LogP contribution in [0.5, 0.6) is 11.5 Å². The highest BCUT2D eigenvalue weighted by molar-refractivity contribution is 9.08. The van der Waals surface area contributed by atoms with Gasteiger partial charge in [-0.15, -0.1) is 0 Å². The quantitative estimate of drug-likeness (QED) is 0.730. The molecule has 1 aliphatic heterocycles. The van der Waals surface area contributed by atoms with Gasteiger partial charge < -0.3 is 14.2 Å². The topological polar surface area (TPSA) is 27.7 Å². The van der Waals surface area contributed by atoms with E-state index in [-0.39, 0.29) is 11.7 Å². The fraction of sp³-hybridized carbons (Fsp3) is 0.647. The Balaban J connectivity index is 1.60. The normalized spacial score (nSPS) is 23.6. The van der Waals surface area contributed by atoms with Gasteiger partial charge in [0.25, 0.3) is 0 Å². The van der Waals surface area contributed by atoms with Crippen LogP contribution in [0, 0.1) is 0 Å². The van der Waals surface area contributed by atoms with E-state index in [2.05, 4.69) is 15.9 Å². The zero-order valence-electron chi connectivity index (χ0n) is 12.6. The van der Waals surface area contributed by atoms with Gasteiger partial charge >= 0.3 is 0 Å². The van der Waals surface area contributed by atoms with Crippen LogP contribution >= 0.6 is 15.9 Å². The standard InChI is InChI=1S/C17H23BrO3/c1-19-15-5-4-13(11-18)10-16(15)20-12-14-6-9-17(21-14)7-2-3-8-17/h4-5,10,14H,2-3,6-9,11-12H2,1H3. The van der Waals surface area contributed by atoms with Crippen LogP contribution in [0.4, 0.5) is 0 Å². The van der Waals surface area contributed by atoms with Crippen molar-refractivity contribution >= 4 is 15.9 Å². The van der Waals surface area contributed by atoms with E-state index in [1.54, 1.807) is 7.11 Å². The van der Waals surface area contributed by atoms with Crippen LogP contribution in [0.1, 0.15) is 44.1 Å². The Morgan fingerprint density at radius 1 is 1.24 bits per heavy atom. The fourth-order valence-electron chi connectivity index (χ4n) is 3.50. The van der Waals surface area contributed by atoms with Gasteiger partial charge in [-0.1, -0.05) is 34.8 Å². The third-order valence-electron chi connectivity index (χ3n) is 4.66. The molecule has 1 aromatic rings. The van der Waals surface area contributed by atoms with Gasteiger partial charge in [-0.05, 0) is 43.4 Å². The highest BCUT2D eigenvalue weighted by Gasteiger charge is 2.42. The number of hydrogen-bond acceptors (Lipinski definition) is 3. The van der Waals surface area contributed by atoms with Gasteiger partial charge in [0.15, 0.2) is 11.5 Å². The van der Waals surface area contributed by atoms with Gasteiger partial charge in [0.1, 0.15) is 6.61 Å². The summed E-state index contributed by atoms with van der Waals surface area (Å²) in [7, 11) is 1.68. The lowest BCUT2D eigenvalue weighted by atomic mass is 9.98. The molecule has 1 unspecified atom stereocenters. The maximum atomic E-state index is 6.29. The molecule has 1 spiro atoms. The predicted octanol–water partition coefficient (Wildman–Crippen LogP) is 4.46. The number of rotatable bonds is 5. The molecule has 1 aliphatic carbocycles. The number of benzene rings is 1. The number of ether oxygens (including phenoxy) is 3. The first-order valence-electron chi connectivity index (χ1n) is 7.78. The van der Waals surface area contributed by atoms with Crippen molar-refractivity contribution in [3.05, 3.63) is 23.8 Å². The van der Waals surface area contributed by atoms with E-state index in [4.69, 9.17) is 14.2 Å². The Morgan fingerprint density at radius 3 is 2.76 bits per heavy atom. The summed E-state index contributed by atoms with van der Waals surface area (Å²) in [5, 5.41) is 0.816. The molecule has 3 rings (SSSR count). The van der Waals surface area contributed by atoms with E-state index in [0.29, 0.717) is 6.61 Å². The van der Waals surface area contributed by atoms with Crippen molar-refractivity contribution in [1.82, 2.24) is 0 Å². The summed E-state index contributed by atoms with van der Waals surface area (Å²) in [5.74, 6) is 1.60. The first-order valence-corrected chi connectivity index (χ1v) is 8.90. The minimum Gasteiger partial charge on any atom is -0.493 e. The van der Waals surface area contributed by atoms with Crippen molar-refractivity contribution in [2.24, 2.45) is 0 Å². The second kappa shape index (κ2) is 6.57. The summed E-state index contributed by atoms with van der Waals surface area (Å²) in [6.45, 7) is 0.615. The molecule has 0 aromatic heterocycles. The number of methoxy groups -OCH3 is 1. The van der Waals surface area contributed by atoms with E-state index in [9.17, 15) is 0 Å². The molecule has 0 N–H and O–H groups in total. The fourth-order valence-corrected chi connectivity index (χ4v) is 3.85. The molecule has 1 saturated heterocycles. The van der Waals surface area contributed by atoms with Gasteiger partial charge in [-0.2, -0.15) is 0 Å². The van der Waals surface area contributed by atoms with Crippen molar-refractivity contribution in [3.8, 4) is 11.5 Å². The monoisotopic (exact) mass is 354 g/mol. The van der Waals surface area contributed by atoms with Crippen molar-refractivity contribution in [1.29, 1.82) is 0 Å². The van der Waals surface area contributed by atoms with E-state index < -0.39 is 0 Å². The lowest BCUT2D eigenvalue weighted by Crippen LogP contribution is -2.27. The molecule has 3 nitrogen and oxygen atoms in total. The van der Waals surface area contributed by atoms with Crippen LogP contribution in [0.15, 0.2) is 18.2 Å². The zero-order valence-corrected chi connectivity index (χ0v) is 14.2. The largest absolute Gasteiger partial charge is 0.493 e. The second-order valence-corrected chi connectivity index (χ2v) is 6.66. The molecule has 1 saturated carbocycles. The van der Waals surface area contributed by atoms with Gasteiger partial charge in [-0.25, -0.2) is 0 Å². The zero-order chi connectivity index (χ0) is 14.7. The van der Waals surface area contributed by atoms with E-state index in [1.807, 2.05) is 18.2 Å². The first kappa shape index (κ1) is 15.2. The van der Waals surface area contributed by atoms with Crippen LogP contribution in [0.3, 0.4) is 0 Å². The molecule has 116 valence electrons. The molecule has 1 atom stereocenters. The van der Waals surface area contributed by atoms with Crippen molar-refractivity contribution < 1.29 is 14.2 Å². The Kier molecular flexibility index (Phi) is 4.75. The molecule has 2 aliphatic rings. The third-order valence-corrected chi connectivity index (χ3v) is 5.31. The predicted molar refractivity (Wildman–Crippen MR) is 86.4 cm³/mol. The number of halogens is 1. The molecule has 4 heteroatoms. The molecular formula is C17H23BrO3. The third kappa shape index (κ3) is 3.37. The van der Waals surface area contributed by atoms with Crippen molar-refractivity contribution in [2.75, 3.05) is 13.7 Å². The average Bonchev–Trinajstić information content (AvgIpc) is 3.15. The first-order chi connectivity index (χ1) is 10.2. The number of alkyl halides is 1. The molecular weight excluding hydrogens is 332 g/mol. The Bertz CT molecular complexity index is 483. The van der Waals surface area contributed by atoms with Crippen LogP contribution in [-0.2, 0) is 10.1 Å². The van der Waals surface area contributed by atoms with E-state index in [1.165, 1.54) is 37.7 Å². The second-order valence-electron chi connectivity index (χ2n) is 6.10. The average molecular weight is 355 g/mol. The lowest BCUT2D eigenvalue weighted by molar-refractivity contribution is -0.0510. The van der Waals surface area contributed by atoms with Gasteiger partial charge in [0, 0.05) is 5.33 Å². The van der Waals surface area contributed by atoms with Crippen LogP contribution < -0.4 is 9.47 Å². The minimum absolute atomic E-state index is 0.176. The molecule has 21 heavy (non-hydrogen) atoms.